The number of nitrogens with zero attached hydrogens (tertiary/aromatic N) is 3. The molecule has 3 aromatic rings. The molecule has 5 nitrogen and oxygen atoms in total. The Balaban J connectivity index is 1.60. The third kappa shape index (κ3) is 2.36. The number of hydrogen-bond donors (Lipinski definition) is 0. The summed E-state index contributed by atoms with van der Waals surface area (Å²) in [5.74, 6) is 2.34. The molecular formula is C14H10BrN3O2S. The van der Waals surface area contributed by atoms with Crippen LogP contribution in [-0.2, 0) is 5.75 Å². The summed E-state index contributed by atoms with van der Waals surface area (Å²) in [6, 6.07) is 9.81. The van der Waals surface area contributed by atoms with E-state index in [-0.39, 0.29) is 6.79 Å². The van der Waals surface area contributed by atoms with Gasteiger partial charge in [0.2, 0.25) is 6.79 Å². The van der Waals surface area contributed by atoms with Crippen LogP contribution in [0.1, 0.15) is 5.56 Å². The highest BCUT2D eigenvalue weighted by atomic mass is 79.9. The molecule has 1 aliphatic heterocycles. The molecule has 0 spiro atoms. The van der Waals surface area contributed by atoms with Crippen LogP contribution in [0, 0.1) is 0 Å². The minimum atomic E-state index is 0.285. The summed E-state index contributed by atoms with van der Waals surface area (Å²) in [5.41, 5.74) is 1.99. The third-order valence-electron chi connectivity index (χ3n) is 3.18. The van der Waals surface area contributed by atoms with Crippen LogP contribution in [-0.4, -0.2) is 21.4 Å². The van der Waals surface area contributed by atoms with Crippen molar-refractivity contribution in [2.24, 2.45) is 0 Å². The number of fused-ring (bicyclic) bond motifs is 2. The van der Waals surface area contributed by atoms with Crippen molar-refractivity contribution in [2.75, 3.05) is 6.79 Å². The molecule has 7 heteroatoms. The second-order valence-electron chi connectivity index (χ2n) is 4.50. The summed E-state index contributed by atoms with van der Waals surface area (Å²) in [6.07, 6.45) is 1.96. The van der Waals surface area contributed by atoms with Gasteiger partial charge in [-0.15, -0.1) is 10.2 Å². The molecule has 0 radical (unpaired) electrons. The van der Waals surface area contributed by atoms with Crippen LogP contribution in [0.3, 0.4) is 0 Å². The highest BCUT2D eigenvalue weighted by Gasteiger charge is 2.17. The maximum absolute atomic E-state index is 5.42. The first kappa shape index (κ1) is 13.0. The number of ether oxygens (including phenoxy) is 2. The lowest BCUT2D eigenvalue weighted by atomic mass is 10.2. The Morgan fingerprint density at radius 2 is 2.05 bits per heavy atom. The summed E-state index contributed by atoms with van der Waals surface area (Å²) in [4.78, 5) is 0. The molecular weight excluding hydrogens is 354 g/mol. The minimum Gasteiger partial charge on any atom is -0.454 e. The van der Waals surface area contributed by atoms with E-state index in [1.165, 1.54) is 0 Å². The number of hydrogen-bond acceptors (Lipinski definition) is 5. The maximum atomic E-state index is 5.42. The zero-order valence-corrected chi connectivity index (χ0v) is 13.2. The van der Waals surface area contributed by atoms with Crippen molar-refractivity contribution < 1.29 is 9.47 Å². The highest BCUT2D eigenvalue weighted by Crippen LogP contribution is 2.38. The SMILES string of the molecule is Brc1cc2c(cc1CSc1nnc3ccccn13)OCO2. The molecule has 0 amide bonds. The predicted octanol–water partition coefficient (Wildman–Crippen LogP) is 3.51. The van der Waals surface area contributed by atoms with E-state index >= 15 is 0 Å². The molecule has 2 aromatic heterocycles. The van der Waals surface area contributed by atoms with Crippen molar-refractivity contribution in [3.8, 4) is 11.5 Å². The Morgan fingerprint density at radius 3 is 2.95 bits per heavy atom. The van der Waals surface area contributed by atoms with Gasteiger partial charge in [0, 0.05) is 16.4 Å². The van der Waals surface area contributed by atoms with Crippen LogP contribution in [0.5, 0.6) is 11.5 Å². The lowest BCUT2D eigenvalue weighted by molar-refractivity contribution is 0.174. The molecule has 0 fully saturated rings. The number of pyridine rings is 1. The smallest absolute Gasteiger partial charge is 0.231 e. The number of aromatic nitrogens is 3. The van der Waals surface area contributed by atoms with Gasteiger partial charge in [0.25, 0.3) is 0 Å². The lowest BCUT2D eigenvalue weighted by Gasteiger charge is -2.05. The Labute approximate surface area is 133 Å². The van der Waals surface area contributed by atoms with E-state index in [1.807, 2.05) is 40.9 Å². The monoisotopic (exact) mass is 363 g/mol. The normalized spacial score (nSPS) is 13.0. The molecule has 0 atom stereocenters. The van der Waals surface area contributed by atoms with Gasteiger partial charge in [-0.25, -0.2) is 0 Å². The molecule has 4 rings (SSSR count). The van der Waals surface area contributed by atoms with Crippen LogP contribution in [0.15, 0.2) is 46.2 Å². The molecule has 0 saturated heterocycles. The predicted molar refractivity (Wildman–Crippen MR) is 82.8 cm³/mol. The first-order valence-electron chi connectivity index (χ1n) is 6.32. The Hall–Kier alpha value is -1.73. The summed E-state index contributed by atoms with van der Waals surface area (Å²) in [7, 11) is 0. The highest BCUT2D eigenvalue weighted by molar-refractivity contribution is 9.10. The number of halogens is 1. The van der Waals surface area contributed by atoms with E-state index in [1.54, 1.807) is 11.8 Å². The van der Waals surface area contributed by atoms with E-state index in [0.29, 0.717) is 0 Å². The second kappa shape index (κ2) is 5.23. The quantitative estimate of drug-likeness (QED) is 0.666. The minimum absolute atomic E-state index is 0.285. The van der Waals surface area contributed by atoms with Crippen molar-refractivity contribution in [1.82, 2.24) is 14.6 Å². The standard InChI is InChI=1S/C14H10BrN3O2S/c15-10-6-12-11(19-8-20-12)5-9(10)7-21-14-17-16-13-3-1-2-4-18(13)14/h1-6H,7-8H2. The summed E-state index contributed by atoms with van der Waals surface area (Å²) in [5, 5.41) is 9.23. The molecule has 0 unspecified atom stereocenters. The largest absolute Gasteiger partial charge is 0.454 e. The third-order valence-corrected chi connectivity index (χ3v) is 4.91. The van der Waals surface area contributed by atoms with E-state index in [2.05, 4.69) is 26.1 Å². The Kier molecular flexibility index (Phi) is 3.23. The zero-order chi connectivity index (χ0) is 14.2. The Bertz CT molecular complexity index is 821. The van der Waals surface area contributed by atoms with Gasteiger partial charge in [0.1, 0.15) is 0 Å². The molecule has 3 heterocycles. The van der Waals surface area contributed by atoms with E-state index < -0.39 is 0 Å². The number of thioether (sulfide) groups is 1. The fourth-order valence-corrected chi connectivity index (χ4v) is 3.69. The molecule has 0 aliphatic carbocycles. The molecule has 0 saturated carbocycles. The van der Waals surface area contributed by atoms with E-state index in [4.69, 9.17) is 9.47 Å². The van der Waals surface area contributed by atoms with Crippen LogP contribution < -0.4 is 9.47 Å². The summed E-state index contributed by atoms with van der Waals surface area (Å²) < 4.78 is 13.8. The molecule has 0 bridgehead atoms. The van der Waals surface area contributed by atoms with Crippen molar-refractivity contribution in [2.45, 2.75) is 10.9 Å². The van der Waals surface area contributed by atoms with Crippen molar-refractivity contribution in [1.29, 1.82) is 0 Å². The fraction of sp³-hybridized carbons (Fsp3) is 0.143. The zero-order valence-electron chi connectivity index (χ0n) is 10.8. The molecule has 0 N–H and O–H groups in total. The van der Waals surface area contributed by atoms with Crippen molar-refractivity contribution in [3.05, 3.63) is 46.6 Å². The van der Waals surface area contributed by atoms with Gasteiger partial charge in [-0.3, -0.25) is 4.40 Å². The lowest BCUT2D eigenvalue weighted by Crippen LogP contribution is -1.92. The van der Waals surface area contributed by atoms with Gasteiger partial charge < -0.3 is 9.47 Å². The summed E-state index contributed by atoms with van der Waals surface area (Å²) in [6.45, 7) is 0.285. The first-order chi connectivity index (χ1) is 10.3. The average Bonchev–Trinajstić information content (AvgIpc) is 3.11. The van der Waals surface area contributed by atoms with E-state index in [0.717, 1.165) is 38.1 Å². The van der Waals surface area contributed by atoms with Gasteiger partial charge in [0.05, 0.1) is 0 Å². The van der Waals surface area contributed by atoms with Crippen LogP contribution in [0.25, 0.3) is 5.65 Å². The Morgan fingerprint density at radius 1 is 1.19 bits per heavy atom. The van der Waals surface area contributed by atoms with E-state index in [9.17, 15) is 0 Å². The summed E-state index contributed by atoms with van der Waals surface area (Å²) >= 11 is 5.20. The molecule has 1 aliphatic rings. The topological polar surface area (TPSA) is 48.7 Å². The van der Waals surface area contributed by atoms with Gasteiger partial charge in [-0.1, -0.05) is 33.8 Å². The van der Waals surface area contributed by atoms with Gasteiger partial charge >= 0.3 is 0 Å². The van der Waals surface area contributed by atoms with Gasteiger partial charge in [-0.05, 0) is 29.8 Å². The van der Waals surface area contributed by atoms with Gasteiger partial charge in [-0.2, -0.15) is 0 Å². The number of rotatable bonds is 3. The maximum Gasteiger partial charge on any atom is 0.231 e. The van der Waals surface area contributed by atoms with Crippen LogP contribution >= 0.6 is 27.7 Å². The average molecular weight is 364 g/mol. The van der Waals surface area contributed by atoms with Crippen LogP contribution in [0.2, 0.25) is 0 Å². The van der Waals surface area contributed by atoms with Crippen molar-refractivity contribution >= 4 is 33.3 Å². The molecule has 1 aromatic carbocycles. The number of benzene rings is 1. The van der Waals surface area contributed by atoms with Crippen LogP contribution in [0.4, 0.5) is 0 Å². The van der Waals surface area contributed by atoms with Crippen molar-refractivity contribution in [3.63, 3.8) is 0 Å². The fourth-order valence-electron chi connectivity index (χ4n) is 2.13. The second-order valence-corrected chi connectivity index (χ2v) is 6.29. The molecule has 106 valence electrons. The van der Waals surface area contributed by atoms with Gasteiger partial charge in [0.15, 0.2) is 22.3 Å². The molecule has 21 heavy (non-hydrogen) atoms. The first-order valence-corrected chi connectivity index (χ1v) is 8.10.